The van der Waals surface area contributed by atoms with Crippen molar-refractivity contribution in [3.63, 3.8) is 0 Å². The van der Waals surface area contributed by atoms with E-state index in [2.05, 4.69) is 59.5 Å². The topological polar surface area (TPSA) is 206 Å². The van der Waals surface area contributed by atoms with E-state index in [9.17, 15) is 27.2 Å². The highest BCUT2D eigenvalue weighted by molar-refractivity contribution is 7.99. The van der Waals surface area contributed by atoms with E-state index < -0.39 is 0 Å². The highest BCUT2D eigenvalue weighted by Crippen LogP contribution is 2.33. The zero-order valence-corrected chi connectivity index (χ0v) is 45.3. The van der Waals surface area contributed by atoms with Gasteiger partial charge in [-0.25, -0.2) is 47.5 Å². The Morgan fingerprint density at radius 3 is 1.16 bits per heavy atom. The Morgan fingerprint density at radius 1 is 0.494 bits per heavy atom. The van der Waals surface area contributed by atoms with Crippen molar-refractivity contribution in [2.45, 2.75) is 61.0 Å². The van der Waals surface area contributed by atoms with Gasteiger partial charge in [0.25, 0.3) is 0 Å². The van der Waals surface area contributed by atoms with E-state index in [1.54, 1.807) is 61.2 Å². The number of aromatic nitrogens is 8. The molecule has 0 aliphatic carbocycles. The molecule has 416 valence electrons. The number of halogens is 4. The van der Waals surface area contributed by atoms with Gasteiger partial charge in [-0.05, 0) is 96.7 Å². The minimum absolute atomic E-state index is 0. The lowest BCUT2D eigenvalue weighted by atomic mass is 9.96. The minimum Gasteiger partial charge on any atom is -0.460 e. The van der Waals surface area contributed by atoms with Crippen molar-refractivity contribution >= 4 is 57.8 Å². The number of thioether (sulfide) groups is 2. The van der Waals surface area contributed by atoms with Gasteiger partial charge in [-0.3, -0.25) is 29.2 Å². The first-order chi connectivity index (χ1) is 37.9. The second-order valence-electron chi connectivity index (χ2n) is 19.0. The summed E-state index contributed by atoms with van der Waals surface area (Å²) >= 11 is 3.01. The summed E-state index contributed by atoms with van der Waals surface area (Å²) in [6, 6.07) is 25.8. The maximum Gasteiger partial charge on any atom is 0.302 e. The Kier molecular flexibility index (Phi) is 20.9. The normalized spacial score (nSPS) is 15.7. The summed E-state index contributed by atoms with van der Waals surface area (Å²) in [5, 5.41) is 1.52. The van der Waals surface area contributed by atoms with Crippen molar-refractivity contribution in [2.75, 3.05) is 77.0 Å². The van der Waals surface area contributed by atoms with Crippen LogP contribution in [0.25, 0.3) is 22.3 Å². The number of aromatic amines is 2. The van der Waals surface area contributed by atoms with Gasteiger partial charge >= 0.3 is 11.9 Å². The number of carbonyl (C=O) groups is 2. The zero-order chi connectivity index (χ0) is 54.4. The maximum atomic E-state index is 13.7. The number of benzene rings is 4. The van der Waals surface area contributed by atoms with Crippen molar-refractivity contribution in [1.82, 2.24) is 59.5 Å². The van der Waals surface area contributed by atoms with E-state index >= 15 is 0 Å². The fraction of sp³-hybridized carbons (Fsp3) is 0.357. The quantitative estimate of drug-likeness (QED) is 0.0361. The molecule has 2 atom stereocenters. The molecule has 0 saturated carbocycles. The Bertz CT molecular complexity index is 2900. The van der Waals surface area contributed by atoms with E-state index in [0.29, 0.717) is 35.9 Å². The van der Waals surface area contributed by atoms with Gasteiger partial charge in [0.05, 0.1) is 24.7 Å². The smallest absolute Gasteiger partial charge is 0.302 e. The number of imidazole rings is 2. The maximum absolute atomic E-state index is 13.7. The lowest BCUT2D eigenvalue weighted by Crippen LogP contribution is -2.39. The molecule has 23 heteroatoms. The number of ether oxygens (including phenoxy) is 2. The summed E-state index contributed by atoms with van der Waals surface area (Å²) in [6.07, 6.45) is 7.29. The summed E-state index contributed by atoms with van der Waals surface area (Å²) in [5.41, 5.74) is 6.56. The molecule has 10 rings (SSSR count). The number of carbonyl (C=O) groups excluding carboxylic acids is 2. The number of H-pyrrole nitrogens is 2. The molecule has 4 aromatic carbocycles. The second-order valence-corrected chi connectivity index (χ2v) is 21.1. The molecule has 8 aromatic rings. The Labute approximate surface area is 463 Å². The van der Waals surface area contributed by atoms with Crippen LogP contribution < -0.4 is 0 Å². The number of nitrogens with one attached hydrogen (secondary N) is 2. The molecule has 2 aliphatic heterocycles. The van der Waals surface area contributed by atoms with Crippen LogP contribution in [0.5, 0.6) is 0 Å². The van der Waals surface area contributed by atoms with Crippen LogP contribution in [-0.4, -0.2) is 166 Å². The van der Waals surface area contributed by atoms with Crippen LogP contribution in [0, 0.1) is 23.3 Å². The first-order valence-corrected chi connectivity index (χ1v) is 27.7. The largest absolute Gasteiger partial charge is 0.460 e. The van der Waals surface area contributed by atoms with E-state index in [-0.39, 0.29) is 65.0 Å². The van der Waals surface area contributed by atoms with Crippen LogP contribution >= 0.6 is 23.5 Å². The van der Waals surface area contributed by atoms with Crippen LogP contribution in [-0.2, 0) is 19.1 Å². The number of nitrogens with zero attached hydrogens (tertiary/aromatic N) is 10. The van der Waals surface area contributed by atoms with Gasteiger partial charge in [-0.2, -0.15) is 0 Å². The summed E-state index contributed by atoms with van der Waals surface area (Å²) < 4.78 is 66.1. The van der Waals surface area contributed by atoms with Crippen molar-refractivity contribution < 1.29 is 42.1 Å². The second kappa shape index (κ2) is 28.3. The number of rotatable bonds is 18. The number of esters is 2. The van der Waals surface area contributed by atoms with Gasteiger partial charge in [-0.1, -0.05) is 48.5 Å². The van der Waals surface area contributed by atoms with E-state index in [1.807, 2.05) is 0 Å². The summed E-state index contributed by atoms with van der Waals surface area (Å²) in [6.45, 7) is 10.4. The first-order valence-electron chi connectivity index (χ1n) is 25.7. The van der Waals surface area contributed by atoms with E-state index in [4.69, 9.17) is 9.47 Å². The Morgan fingerprint density at radius 2 is 0.835 bits per heavy atom. The molecule has 2 fully saturated rings. The first kappa shape index (κ1) is 58.3. The molecule has 0 spiro atoms. The number of fused-ring (bicyclic) bond motifs is 2. The SMILES string of the molecule is CC(=O)OC(CSc1ncnc2nc[nH]c12)CN1CCCN(C(c2ccc(F)cc2)c2ccc(F)cc2)CC1.CC(=O)OC(CSc1ncnc2nc[nH]c12)CN1CCCN(C(c2ccc(F)cc2)c2ccc(F)cc2)CC1.O. The molecule has 6 heterocycles. The molecular formula is C56H62F4N12O5S2. The average molecular weight is 1120 g/mol. The van der Waals surface area contributed by atoms with Gasteiger partial charge in [-0.15, -0.1) is 23.5 Å². The molecule has 0 radical (unpaired) electrons. The van der Waals surface area contributed by atoms with Gasteiger partial charge in [0.15, 0.2) is 11.3 Å². The van der Waals surface area contributed by atoms with Crippen LogP contribution in [0.3, 0.4) is 0 Å². The fourth-order valence-corrected chi connectivity index (χ4v) is 11.9. The van der Waals surface area contributed by atoms with Crippen molar-refractivity contribution in [3.05, 3.63) is 168 Å². The lowest BCUT2D eigenvalue weighted by Gasteiger charge is -2.32. The molecule has 0 amide bonds. The molecule has 2 saturated heterocycles. The highest BCUT2D eigenvalue weighted by atomic mass is 32.2. The molecular weight excluding hydrogens is 1060 g/mol. The van der Waals surface area contributed by atoms with Gasteiger partial charge in [0, 0.05) is 77.7 Å². The lowest BCUT2D eigenvalue weighted by molar-refractivity contribution is -0.147. The third-order valence-corrected chi connectivity index (χ3v) is 15.7. The van der Waals surface area contributed by atoms with Crippen LogP contribution in [0.1, 0.15) is 61.0 Å². The van der Waals surface area contributed by atoms with Gasteiger partial charge < -0.3 is 24.9 Å². The van der Waals surface area contributed by atoms with Crippen LogP contribution in [0.15, 0.2) is 132 Å². The van der Waals surface area contributed by atoms with E-state index in [0.717, 1.165) is 109 Å². The van der Waals surface area contributed by atoms with Crippen LogP contribution in [0.4, 0.5) is 17.6 Å². The Balaban J connectivity index is 0.000000205. The monoisotopic (exact) mass is 1120 g/mol. The van der Waals surface area contributed by atoms with Crippen molar-refractivity contribution in [3.8, 4) is 0 Å². The standard InChI is InChI=1S/2C28H30F2N6O2S.H2O/c2*1-19(37)38-24(16-39-28-25-27(32-17-31-25)33-18-34-28)15-35-11-2-12-36(14-13-35)26(20-3-7-22(29)8-4-20)21-5-9-23(30)10-6-21;/h2*3-10,17-18,24,26H,2,11-16H2,1H3,(H,31,32,33,34);1H2. The van der Waals surface area contributed by atoms with Crippen molar-refractivity contribution in [1.29, 1.82) is 0 Å². The Hall–Kier alpha value is -6.86. The predicted molar refractivity (Wildman–Crippen MR) is 294 cm³/mol. The average Bonchev–Trinajstić information content (AvgIpc) is 4.03. The minimum atomic E-state index is -0.322. The molecule has 17 nitrogen and oxygen atoms in total. The van der Waals surface area contributed by atoms with Gasteiger partial charge in [0.1, 0.15) is 69.2 Å². The molecule has 0 bridgehead atoms. The summed E-state index contributed by atoms with van der Waals surface area (Å²) in [7, 11) is 0. The molecule has 4 aromatic heterocycles. The third-order valence-electron chi connectivity index (χ3n) is 13.5. The number of hydrogen-bond acceptors (Lipinski definition) is 16. The van der Waals surface area contributed by atoms with Crippen molar-refractivity contribution in [2.24, 2.45) is 0 Å². The predicted octanol–water partition coefficient (Wildman–Crippen LogP) is 8.08. The van der Waals surface area contributed by atoms with Crippen LogP contribution in [0.2, 0.25) is 0 Å². The molecule has 79 heavy (non-hydrogen) atoms. The third kappa shape index (κ3) is 16.1. The molecule has 2 unspecified atom stereocenters. The molecule has 4 N–H and O–H groups in total. The molecule has 2 aliphatic rings. The zero-order valence-electron chi connectivity index (χ0n) is 43.7. The fourth-order valence-electron chi connectivity index (χ4n) is 10.0. The summed E-state index contributed by atoms with van der Waals surface area (Å²) in [5.74, 6) is -0.714. The highest BCUT2D eigenvalue weighted by Gasteiger charge is 2.29. The van der Waals surface area contributed by atoms with E-state index in [1.165, 1.54) is 98.6 Å². The number of hydrogen-bond donors (Lipinski definition) is 2. The summed E-state index contributed by atoms with van der Waals surface area (Å²) in [4.78, 5) is 64.6. The van der Waals surface area contributed by atoms with Gasteiger partial charge in [0.2, 0.25) is 0 Å².